The number of hydrogen-bond acceptors (Lipinski definition) is 8. The SMILES string of the molecule is Nc1nc(-c2ccco2)c2cnn(Cc3cccc(OCCCCCCC(=O)NO)c3)c2n1. The average molecular weight is 450 g/mol. The molecule has 10 heteroatoms. The highest BCUT2D eigenvalue weighted by Crippen LogP contribution is 2.27. The van der Waals surface area contributed by atoms with Crippen molar-refractivity contribution in [2.45, 2.75) is 38.6 Å². The number of anilines is 1. The van der Waals surface area contributed by atoms with Crippen LogP contribution in [-0.2, 0) is 11.3 Å². The Morgan fingerprint density at radius 1 is 1.15 bits per heavy atom. The highest BCUT2D eigenvalue weighted by atomic mass is 16.5. The summed E-state index contributed by atoms with van der Waals surface area (Å²) in [5, 5.41) is 13.7. The first-order valence-electron chi connectivity index (χ1n) is 10.8. The molecule has 3 aromatic heterocycles. The fourth-order valence-electron chi connectivity index (χ4n) is 3.58. The van der Waals surface area contributed by atoms with Crippen LogP contribution in [0.5, 0.6) is 5.75 Å². The maximum absolute atomic E-state index is 11.0. The van der Waals surface area contributed by atoms with Gasteiger partial charge in [0.05, 0.1) is 31.0 Å². The number of benzene rings is 1. The van der Waals surface area contributed by atoms with E-state index in [0.29, 0.717) is 36.7 Å². The zero-order valence-electron chi connectivity index (χ0n) is 18.1. The number of ether oxygens (including phenoxy) is 1. The minimum atomic E-state index is -0.348. The number of unbranched alkanes of at least 4 members (excludes halogenated alkanes) is 3. The molecule has 172 valence electrons. The first kappa shape index (κ1) is 22.3. The Labute approximate surface area is 190 Å². The minimum Gasteiger partial charge on any atom is -0.494 e. The normalized spacial score (nSPS) is 11.1. The predicted molar refractivity (Wildman–Crippen MR) is 121 cm³/mol. The molecule has 0 aliphatic carbocycles. The molecule has 1 aromatic carbocycles. The number of nitrogens with one attached hydrogen (secondary N) is 1. The lowest BCUT2D eigenvalue weighted by Gasteiger charge is -2.09. The van der Waals surface area contributed by atoms with Crippen molar-refractivity contribution in [3.05, 3.63) is 54.4 Å². The summed E-state index contributed by atoms with van der Waals surface area (Å²) in [5.41, 5.74) is 9.85. The number of nitrogens with zero attached hydrogens (tertiary/aromatic N) is 4. The largest absolute Gasteiger partial charge is 0.494 e. The van der Waals surface area contributed by atoms with Crippen LogP contribution in [0.25, 0.3) is 22.5 Å². The quantitative estimate of drug-likeness (QED) is 0.179. The number of carbonyl (C=O) groups excluding carboxylic acids is 1. The third-order valence-corrected chi connectivity index (χ3v) is 5.19. The standard InChI is InChI=1S/C23H26N6O4/c24-23-26-21(19-9-6-12-33-19)18-14-25-29(22(18)27-23)15-16-7-5-8-17(13-16)32-11-4-2-1-3-10-20(30)28-31/h5-9,12-14,31H,1-4,10-11,15H2,(H,28,30)(H2,24,26,27). The van der Waals surface area contributed by atoms with E-state index in [1.807, 2.05) is 30.3 Å². The Kier molecular flexibility index (Phi) is 7.16. The number of furan rings is 1. The predicted octanol–water partition coefficient (Wildman–Crippen LogP) is 3.55. The molecular formula is C23H26N6O4. The van der Waals surface area contributed by atoms with Crippen molar-refractivity contribution in [2.24, 2.45) is 0 Å². The molecule has 0 aliphatic rings. The number of hydroxylamine groups is 1. The molecule has 4 aromatic rings. The fraction of sp³-hybridized carbons (Fsp3) is 0.304. The van der Waals surface area contributed by atoms with Crippen LogP contribution in [0.2, 0.25) is 0 Å². The molecule has 4 N–H and O–H groups in total. The van der Waals surface area contributed by atoms with Crippen molar-refractivity contribution in [2.75, 3.05) is 12.3 Å². The van der Waals surface area contributed by atoms with Crippen molar-refractivity contribution in [3.8, 4) is 17.2 Å². The summed E-state index contributed by atoms with van der Waals surface area (Å²) >= 11 is 0. The number of rotatable bonds is 11. The Morgan fingerprint density at radius 2 is 2.03 bits per heavy atom. The molecule has 0 saturated heterocycles. The summed E-state index contributed by atoms with van der Waals surface area (Å²) < 4.78 is 13.1. The zero-order chi connectivity index (χ0) is 23.0. The van der Waals surface area contributed by atoms with E-state index >= 15 is 0 Å². The second-order valence-corrected chi connectivity index (χ2v) is 7.64. The number of carbonyl (C=O) groups is 1. The van der Waals surface area contributed by atoms with Crippen LogP contribution in [0.3, 0.4) is 0 Å². The third-order valence-electron chi connectivity index (χ3n) is 5.19. The highest BCUT2D eigenvalue weighted by molar-refractivity contribution is 5.89. The first-order valence-corrected chi connectivity index (χ1v) is 10.8. The van der Waals surface area contributed by atoms with Gasteiger partial charge in [-0.05, 0) is 42.7 Å². The summed E-state index contributed by atoms with van der Waals surface area (Å²) in [5.74, 6) is 1.21. The maximum atomic E-state index is 11.0. The van der Waals surface area contributed by atoms with E-state index in [1.54, 1.807) is 28.7 Å². The van der Waals surface area contributed by atoms with E-state index in [0.717, 1.165) is 42.4 Å². The van der Waals surface area contributed by atoms with Crippen molar-refractivity contribution >= 4 is 22.9 Å². The molecule has 0 aliphatic heterocycles. The van der Waals surface area contributed by atoms with Gasteiger partial charge in [-0.1, -0.05) is 25.0 Å². The number of nitrogen functional groups attached to an aromatic ring is 1. The molecular weight excluding hydrogens is 424 g/mol. The van der Waals surface area contributed by atoms with Crippen LogP contribution >= 0.6 is 0 Å². The second-order valence-electron chi connectivity index (χ2n) is 7.64. The van der Waals surface area contributed by atoms with E-state index in [9.17, 15) is 4.79 Å². The minimum absolute atomic E-state index is 0.157. The number of fused-ring (bicyclic) bond motifs is 1. The molecule has 0 bridgehead atoms. The third kappa shape index (κ3) is 5.66. The van der Waals surface area contributed by atoms with Crippen molar-refractivity contribution in [1.82, 2.24) is 25.2 Å². The fourth-order valence-corrected chi connectivity index (χ4v) is 3.58. The Hall–Kier alpha value is -3.92. The van der Waals surface area contributed by atoms with Crippen LogP contribution in [0.1, 0.15) is 37.7 Å². The van der Waals surface area contributed by atoms with Gasteiger partial charge < -0.3 is 14.9 Å². The van der Waals surface area contributed by atoms with E-state index in [2.05, 4.69) is 15.1 Å². The molecule has 0 radical (unpaired) electrons. The molecule has 1 amide bonds. The van der Waals surface area contributed by atoms with E-state index in [1.165, 1.54) is 0 Å². The molecule has 33 heavy (non-hydrogen) atoms. The molecule has 4 rings (SSSR count). The van der Waals surface area contributed by atoms with Crippen LogP contribution in [-0.4, -0.2) is 37.5 Å². The highest BCUT2D eigenvalue weighted by Gasteiger charge is 2.15. The van der Waals surface area contributed by atoms with Gasteiger partial charge in [-0.3, -0.25) is 10.0 Å². The zero-order valence-corrected chi connectivity index (χ0v) is 18.1. The van der Waals surface area contributed by atoms with Crippen LogP contribution in [0.4, 0.5) is 5.95 Å². The van der Waals surface area contributed by atoms with E-state index in [-0.39, 0.29) is 11.9 Å². The topological polar surface area (TPSA) is 141 Å². The van der Waals surface area contributed by atoms with Crippen LogP contribution in [0, 0.1) is 0 Å². The van der Waals surface area contributed by atoms with Gasteiger partial charge in [-0.25, -0.2) is 15.1 Å². The van der Waals surface area contributed by atoms with Crippen molar-refractivity contribution in [3.63, 3.8) is 0 Å². The van der Waals surface area contributed by atoms with Crippen LogP contribution in [0.15, 0.2) is 53.3 Å². The number of hydrogen-bond donors (Lipinski definition) is 3. The van der Waals surface area contributed by atoms with Gasteiger partial charge in [0.1, 0.15) is 11.4 Å². The Balaban J connectivity index is 1.36. The number of nitrogens with two attached hydrogens (primary N) is 1. The lowest BCUT2D eigenvalue weighted by atomic mass is 10.1. The van der Waals surface area contributed by atoms with Gasteiger partial charge in [-0.15, -0.1) is 0 Å². The molecule has 0 unspecified atom stereocenters. The monoisotopic (exact) mass is 450 g/mol. The summed E-state index contributed by atoms with van der Waals surface area (Å²) in [6.07, 6.45) is 7.14. The molecule has 0 spiro atoms. The second kappa shape index (κ2) is 10.6. The van der Waals surface area contributed by atoms with Gasteiger partial charge in [0, 0.05) is 6.42 Å². The summed E-state index contributed by atoms with van der Waals surface area (Å²) in [6.45, 7) is 1.10. The van der Waals surface area contributed by atoms with Crippen molar-refractivity contribution < 1.29 is 19.2 Å². The van der Waals surface area contributed by atoms with Crippen LogP contribution < -0.4 is 16.0 Å². The number of amides is 1. The number of aromatic nitrogens is 4. The van der Waals surface area contributed by atoms with Crippen molar-refractivity contribution in [1.29, 1.82) is 0 Å². The van der Waals surface area contributed by atoms with Gasteiger partial charge >= 0.3 is 0 Å². The summed E-state index contributed by atoms with van der Waals surface area (Å²) in [6, 6.07) is 11.5. The summed E-state index contributed by atoms with van der Waals surface area (Å²) in [7, 11) is 0. The smallest absolute Gasteiger partial charge is 0.243 e. The molecule has 0 atom stereocenters. The lowest BCUT2D eigenvalue weighted by Crippen LogP contribution is -2.17. The molecule has 0 fully saturated rings. The van der Waals surface area contributed by atoms with Gasteiger partial charge in [0.2, 0.25) is 11.9 Å². The summed E-state index contributed by atoms with van der Waals surface area (Å²) in [4.78, 5) is 19.7. The lowest BCUT2D eigenvalue weighted by molar-refractivity contribution is -0.129. The van der Waals surface area contributed by atoms with E-state index < -0.39 is 0 Å². The average Bonchev–Trinajstić information content (AvgIpc) is 3.49. The Bertz CT molecular complexity index is 1210. The van der Waals surface area contributed by atoms with Gasteiger partial charge in [-0.2, -0.15) is 10.1 Å². The molecule has 10 nitrogen and oxygen atoms in total. The first-order chi connectivity index (χ1) is 16.1. The van der Waals surface area contributed by atoms with E-state index in [4.69, 9.17) is 20.1 Å². The molecule has 3 heterocycles. The van der Waals surface area contributed by atoms with Gasteiger partial charge in [0.15, 0.2) is 11.4 Å². The molecule has 0 saturated carbocycles. The maximum Gasteiger partial charge on any atom is 0.243 e. The Morgan fingerprint density at radius 3 is 2.85 bits per heavy atom. The van der Waals surface area contributed by atoms with Gasteiger partial charge in [0.25, 0.3) is 0 Å².